The highest BCUT2D eigenvalue weighted by Gasteiger charge is 2.23. The van der Waals surface area contributed by atoms with Crippen molar-refractivity contribution in [3.05, 3.63) is 11.8 Å². The first-order valence-electron chi connectivity index (χ1n) is 6.33. The van der Waals surface area contributed by atoms with Gasteiger partial charge in [0.15, 0.2) is 0 Å². The van der Waals surface area contributed by atoms with E-state index in [4.69, 9.17) is 5.84 Å². The molecule has 5 nitrogen and oxygen atoms in total. The molecule has 0 spiro atoms. The molecule has 17 heavy (non-hydrogen) atoms. The molecule has 1 aliphatic heterocycles. The zero-order valence-electron chi connectivity index (χ0n) is 10.6. The minimum absolute atomic E-state index is 0.492. The van der Waals surface area contributed by atoms with Crippen molar-refractivity contribution in [1.82, 2.24) is 9.97 Å². The highest BCUT2D eigenvalue weighted by atomic mass is 15.3. The summed E-state index contributed by atoms with van der Waals surface area (Å²) in [5.74, 6) is 6.89. The summed E-state index contributed by atoms with van der Waals surface area (Å²) in [5, 5.41) is 0. The number of nitrogen functional groups attached to an aromatic ring is 1. The number of aryl methyl sites for hydroxylation is 1. The van der Waals surface area contributed by atoms with Gasteiger partial charge in [-0.05, 0) is 32.6 Å². The second-order valence-electron chi connectivity index (χ2n) is 4.60. The zero-order valence-corrected chi connectivity index (χ0v) is 10.6. The van der Waals surface area contributed by atoms with E-state index in [0.717, 1.165) is 24.3 Å². The predicted octanol–water partition coefficient (Wildman–Crippen LogP) is 1.84. The number of piperidine rings is 1. The number of hydrogen-bond acceptors (Lipinski definition) is 5. The van der Waals surface area contributed by atoms with Gasteiger partial charge >= 0.3 is 0 Å². The molecule has 1 unspecified atom stereocenters. The van der Waals surface area contributed by atoms with Gasteiger partial charge in [-0.3, -0.25) is 5.43 Å². The smallest absolute Gasteiger partial charge is 0.239 e. The summed E-state index contributed by atoms with van der Waals surface area (Å²) in [7, 11) is 0. The van der Waals surface area contributed by atoms with Crippen LogP contribution in [0.2, 0.25) is 0 Å². The van der Waals surface area contributed by atoms with Gasteiger partial charge in [-0.2, -0.15) is 4.98 Å². The average molecular weight is 235 g/mol. The van der Waals surface area contributed by atoms with Crippen LogP contribution < -0.4 is 16.2 Å². The maximum Gasteiger partial charge on any atom is 0.239 e. The Morgan fingerprint density at radius 1 is 1.53 bits per heavy atom. The van der Waals surface area contributed by atoms with Gasteiger partial charge in [0.05, 0.1) is 0 Å². The van der Waals surface area contributed by atoms with Crippen LogP contribution >= 0.6 is 0 Å². The highest BCUT2D eigenvalue weighted by Crippen LogP contribution is 2.27. The Bertz CT molecular complexity index is 379. The fourth-order valence-electron chi connectivity index (χ4n) is 2.50. The molecule has 94 valence electrons. The van der Waals surface area contributed by atoms with Gasteiger partial charge in [0, 0.05) is 24.3 Å². The quantitative estimate of drug-likeness (QED) is 0.618. The molecule has 1 fully saturated rings. The highest BCUT2D eigenvalue weighted by molar-refractivity contribution is 5.49. The lowest BCUT2D eigenvalue weighted by Crippen LogP contribution is -2.40. The first kappa shape index (κ1) is 12.1. The molecule has 0 amide bonds. The van der Waals surface area contributed by atoms with Crippen LogP contribution in [0.3, 0.4) is 0 Å². The van der Waals surface area contributed by atoms with Gasteiger partial charge in [0.1, 0.15) is 5.82 Å². The molecule has 3 N–H and O–H groups in total. The number of aromatic nitrogens is 2. The van der Waals surface area contributed by atoms with E-state index < -0.39 is 0 Å². The lowest BCUT2D eigenvalue weighted by atomic mass is 9.99. The summed E-state index contributed by atoms with van der Waals surface area (Å²) in [6.07, 6.45) is 6.81. The Balaban J connectivity index is 2.30. The van der Waals surface area contributed by atoms with Crippen molar-refractivity contribution in [2.24, 2.45) is 5.84 Å². The molecule has 0 saturated carbocycles. The third-order valence-corrected chi connectivity index (χ3v) is 3.44. The number of anilines is 2. The Hall–Kier alpha value is -1.36. The summed E-state index contributed by atoms with van der Waals surface area (Å²) in [6, 6.07) is 0.600. The van der Waals surface area contributed by atoms with Gasteiger partial charge < -0.3 is 4.90 Å². The first-order valence-corrected chi connectivity index (χ1v) is 6.33. The molecule has 0 radical (unpaired) electrons. The summed E-state index contributed by atoms with van der Waals surface area (Å²) in [6.45, 7) is 5.37. The second kappa shape index (κ2) is 5.31. The normalized spacial score (nSPS) is 20.4. The van der Waals surface area contributed by atoms with E-state index in [9.17, 15) is 0 Å². The maximum atomic E-state index is 5.37. The largest absolute Gasteiger partial charge is 0.353 e. The van der Waals surface area contributed by atoms with Crippen LogP contribution in [0.4, 0.5) is 11.8 Å². The predicted molar refractivity (Wildman–Crippen MR) is 69.9 cm³/mol. The number of nitrogens with two attached hydrogens (primary N) is 1. The van der Waals surface area contributed by atoms with Crippen LogP contribution in [-0.2, 0) is 0 Å². The van der Waals surface area contributed by atoms with E-state index in [0.29, 0.717) is 12.0 Å². The van der Waals surface area contributed by atoms with Crippen molar-refractivity contribution in [2.45, 2.75) is 45.6 Å². The van der Waals surface area contributed by atoms with E-state index in [2.05, 4.69) is 34.1 Å². The van der Waals surface area contributed by atoms with Crippen LogP contribution in [0.15, 0.2) is 6.20 Å². The van der Waals surface area contributed by atoms with Crippen molar-refractivity contribution in [1.29, 1.82) is 0 Å². The van der Waals surface area contributed by atoms with E-state index in [1.807, 2.05) is 6.20 Å². The number of hydrogen-bond donors (Lipinski definition) is 2. The van der Waals surface area contributed by atoms with E-state index in [-0.39, 0.29) is 0 Å². The van der Waals surface area contributed by atoms with E-state index in [1.165, 1.54) is 19.3 Å². The second-order valence-corrected chi connectivity index (χ2v) is 4.60. The van der Waals surface area contributed by atoms with Crippen LogP contribution in [0, 0.1) is 6.92 Å². The Labute approximate surface area is 102 Å². The molecular weight excluding hydrogens is 214 g/mol. The van der Waals surface area contributed by atoms with Gasteiger partial charge in [0.25, 0.3) is 0 Å². The van der Waals surface area contributed by atoms with E-state index in [1.54, 1.807) is 0 Å². The van der Waals surface area contributed by atoms with Crippen molar-refractivity contribution < 1.29 is 0 Å². The third-order valence-electron chi connectivity index (χ3n) is 3.44. The first-order chi connectivity index (χ1) is 8.26. The van der Waals surface area contributed by atoms with E-state index >= 15 is 0 Å². The summed E-state index contributed by atoms with van der Waals surface area (Å²) >= 11 is 0. The fraction of sp³-hybridized carbons (Fsp3) is 0.667. The SMILES string of the molecule is CCC1CCCCN1c1nc(NN)ncc1C. The van der Waals surface area contributed by atoms with Gasteiger partial charge in [-0.1, -0.05) is 6.92 Å². The Kier molecular flexibility index (Phi) is 3.78. The van der Waals surface area contributed by atoms with Crippen LogP contribution in [0.25, 0.3) is 0 Å². The van der Waals surface area contributed by atoms with Crippen molar-refractivity contribution in [2.75, 3.05) is 16.9 Å². The molecule has 1 aromatic rings. The molecular formula is C12H21N5. The molecule has 0 aliphatic carbocycles. The lowest BCUT2D eigenvalue weighted by molar-refractivity contribution is 0.446. The van der Waals surface area contributed by atoms with Crippen molar-refractivity contribution in [3.8, 4) is 0 Å². The minimum Gasteiger partial charge on any atom is -0.353 e. The van der Waals surface area contributed by atoms with Gasteiger partial charge in [-0.15, -0.1) is 0 Å². The van der Waals surface area contributed by atoms with Gasteiger partial charge in [0.2, 0.25) is 5.95 Å². The maximum absolute atomic E-state index is 5.37. The Morgan fingerprint density at radius 2 is 2.35 bits per heavy atom. The third kappa shape index (κ3) is 2.49. The standard InChI is InChI=1S/C12H21N5/c1-3-10-6-4-5-7-17(10)11-9(2)8-14-12(15-11)16-13/h8,10H,3-7,13H2,1-2H3,(H,14,15,16). The summed E-state index contributed by atoms with van der Waals surface area (Å²) in [5.41, 5.74) is 3.63. The molecule has 1 aromatic heterocycles. The molecule has 0 bridgehead atoms. The average Bonchev–Trinajstić information content (AvgIpc) is 2.39. The number of rotatable bonds is 3. The topological polar surface area (TPSA) is 67.1 Å². The fourth-order valence-corrected chi connectivity index (χ4v) is 2.50. The number of hydrazine groups is 1. The number of nitrogens with zero attached hydrogens (tertiary/aromatic N) is 3. The molecule has 5 heteroatoms. The molecule has 1 saturated heterocycles. The Morgan fingerprint density at radius 3 is 3.06 bits per heavy atom. The van der Waals surface area contributed by atoms with Crippen LogP contribution in [0.1, 0.15) is 38.2 Å². The van der Waals surface area contributed by atoms with Crippen LogP contribution in [0.5, 0.6) is 0 Å². The monoisotopic (exact) mass is 235 g/mol. The molecule has 0 aromatic carbocycles. The zero-order chi connectivity index (χ0) is 12.3. The van der Waals surface area contributed by atoms with Gasteiger partial charge in [-0.25, -0.2) is 10.8 Å². The lowest BCUT2D eigenvalue weighted by Gasteiger charge is -2.37. The van der Waals surface area contributed by atoms with Crippen molar-refractivity contribution >= 4 is 11.8 Å². The van der Waals surface area contributed by atoms with Crippen LogP contribution in [-0.4, -0.2) is 22.6 Å². The minimum atomic E-state index is 0.492. The number of nitrogens with one attached hydrogen (secondary N) is 1. The van der Waals surface area contributed by atoms with Crippen molar-refractivity contribution in [3.63, 3.8) is 0 Å². The molecule has 2 heterocycles. The molecule has 2 rings (SSSR count). The molecule has 1 atom stereocenters. The summed E-state index contributed by atoms with van der Waals surface area (Å²) < 4.78 is 0. The summed E-state index contributed by atoms with van der Waals surface area (Å²) in [4.78, 5) is 11.0. The molecule has 1 aliphatic rings.